The first-order chi connectivity index (χ1) is 9.42. The molecule has 1 aliphatic carbocycles. The zero-order valence-electron chi connectivity index (χ0n) is 11.7. The van der Waals surface area contributed by atoms with Crippen molar-refractivity contribution in [3.63, 3.8) is 0 Å². The fraction of sp³-hybridized carbons (Fsp3) is 0.800. The summed E-state index contributed by atoms with van der Waals surface area (Å²) in [5.74, 6) is 0.927. The molecule has 1 N–H and O–H groups in total. The number of nitrogens with zero attached hydrogens (tertiary/aromatic N) is 2. The van der Waals surface area contributed by atoms with E-state index in [0.717, 1.165) is 18.4 Å². The summed E-state index contributed by atoms with van der Waals surface area (Å²) in [6, 6.07) is 0.741. The molecule has 2 fully saturated rings. The predicted molar refractivity (Wildman–Crippen MR) is 80.6 cm³/mol. The molecule has 0 bridgehead atoms. The maximum Gasteiger partial charge on any atom is 0.0937 e. The van der Waals surface area contributed by atoms with Crippen LogP contribution in [0.5, 0.6) is 0 Å². The molecule has 4 heteroatoms. The Morgan fingerprint density at radius 3 is 3.00 bits per heavy atom. The summed E-state index contributed by atoms with van der Waals surface area (Å²) < 4.78 is 0. The molecule has 1 saturated carbocycles. The number of rotatable bonds is 4. The van der Waals surface area contributed by atoms with Gasteiger partial charge >= 0.3 is 0 Å². The molecule has 19 heavy (non-hydrogen) atoms. The second kappa shape index (κ2) is 6.82. The van der Waals surface area contributed by atoms with Gasteiger partial charge in [0.1, 0.15) is 0 Å². The molecule has 1 unspecified atom stereocenters. The monoisotopic (exact) mass is 279 g/mol. The van der Waals surface area contributed by atoms with Crippen LogP contribution in [-0.2, 0) is 6.42 Å². The lowest BCUT2D eigenvalue weighted by atomic mass is 9.83. The Kier molecular flexibility index (Phi) is 4.86. The summed E-state index contributed by atoms with van der Waals surface area (Å²) in [7, 11) is 0. The van der Waals surface area contributed by atoms with Crippen LogP contribution in [0.1, 0.15) is 37.1 Å². The first kappa shape index (κ1) is 13.5. The van der Waals surface area contributed by atoms with Crippen molar-refractivity contribution in [3.8, 4) is 0 Å². The summed E-state index contributed by atoms with van der Waals surface area (Å²) in [6.45, 7) is 4.79. The molecule has 1 aliphatic heterocycles. The fourth-order valence-electron chi connectivity index (χ4n) is 3.53. The molecule has 1 atom stereocenters. The van der Waals surface area contributed by atoms with Gasteiger partial charge in [0.2, 0.25) is 0 Å². The second-order valence-electron chi connectivity index (χ2n) is 5.94. The topological polar surface area (TPSA) is 28.2 Å². The fourth-order valence-corrected chi connectivity index (χ4v) is 4.14. The van der Waals surface area contributed by atoms with E-state index in [4.69, 9.17) is 0 Å². The van der Waals surface area contributed by atoms with Gasteiger partial charge in [-0.3, -0.25) is 0 Å². The van der Waals surface area contributed by atoms with Crippen LogP contribution in [0.3, 0.4) is 0 Å². The van der Waals surface area contributed by atoms with Crippen molar-refractivity contribution in [2.75, 3.05) is 26.2 Å². The smallest absolute Gasteiger partial charge is 0.0937 e. The van der Waals surface area contributed by atoms with Crippen molar-refractivity contribution in [1.29, 1.82) is 0 Å². The lowest BCUT2D eigenvalue weighted by Gasteiger charge is -2.39. The lowest BCUT2D eigenvalue weighted by molar-refractivity contribution is 0.147. The Hall–Kier alpha value is -0.450. The first-order valence-electron chi connectivity index (χ1n) is 7.76. The Morgan fingerprint density at radius 2 is 2.21 bits per heavy atom. The molecule has 0 spiro atoms. The van der Waals surface area contributed by atoms with E-state index in [1.807, 2.05) is 6.20 Å². The van der Waals surface area contributed by atoms with E-state index in [1.165, 1.54) is 63.3 Å². The van der Waals surface area contributed by atoms with Crippen LogP contribution in [-0.4, -0.2) is 42.1 Å². The van der Waals surface area contributed by atoms with Crippen LogP contribution in [0.2, 0.25) is 0 Å². The summed E-state index contributed by atoms with van der Waals surface area (Å²) >= 11 is 1.79. The Balaban J connectivity index is 1.47. The normalized spacial score (nSPS) is 26.6. The number of nitrogens with one attached hydrogen (secondary N) is 1. The third kappa shape index (κ3) is 3.77. The van der Waals surface area contributed by atoms with Gasteiger partial charge in [0.05, 0.1) is 5.01 Å². The van der Waals surface area contributed by atoms with Crippen LogP contribution in [0.25, 0.3) is 0 Å². The molecular formula is C15H25N3S. The number of thiazole rings is 1. The van der Waals surface area contributed by atoms with Crippen molar-refractivity contribution >= 4 is 11.3 Å². The Labute approximate surface area is 120 Å². The molecule has 2 heterocycles. The number of aromatic nitrogens is 1. The minimum absolute atomic E-state index is 0.741. The van der Waals surface area contributed by atoms with Crippen LogP contribution in [0.15, 0.2) is 11.6 Å². The van der Waals surface area contributed by atoms with E-state index < -0.39 is 0 Å². The summed E-state index contributed by atoms with van der Waals surface area (Å²) in [6.07, 6.45) is 10.3. The van der Waals surface area contributed by atoms with Gasteiger partial charge in [0, 0.05) is 50.2 Å². The Morgan fingerprint density at radius 1 is 1.32 bits per heavy atom. The SMILES string of the molecule is c1csc(CCN2CCNC(C3CCCCC3)C2)n1. The van der Waals surface area contributed by atoms with Gasteiger partial charge in [-0.05, 0) is 18.8 Å². The highest BCUT2D eigenvalue weighted by Crippen LogP contribution is 2.27. The number of hydrogen-bond donors (Lipinski definition) is 1. The minimum atomic E-state index is 0.741. The van der Waals surface area contributed by atoms with Gasteiger partial charge in [-0.15, -0.1) is 11.3 Å². The van der Waals surface area contributed by atoms with Gasteiger partial charge in [-0.2, -0.15) is 0 Å². The van der Waals surface area contributed by atoms with E-state index in [0.29, 0.717) is 0 Å². The van der Waals surface area contributed by atoms with E-state index >= 15 is 0 Å². The van der Waals surface area contributed by atoms with Crippen molar-refractivity contribution in [2.24, 2.45) is 5.92 Å². The highest BCUT2D eigenvalue weighted by Gasteiger charge is 2.27. The average Bonchev–Trinajstić information content (AvgIpc) is 3.00. The van der Waals surface area contributed by atoms with E-state index in [-0.39, 0.29) is 0 Å². The molecule has 2 aliphatic rings. The van der Waals surface area contributed by atoms with Gasteiger partial charge < -0.3 is 10.2 Å². The van der Waals surface area contributed by atoms with Crippen LogP contribution in [0.4, 0.5) is 0 Å². The van der Waals surface area contributed by atoms with E-state index in [1.54, 1.807) is 11.3 Å². The van der Waals surface area contributed by atoms with Crippen LogP contribution < -0.4 is 5.32 Å². The average molecular weight is 279 g/mol. The standard InChI is InChI=1S/C15H25N3S/c1-2-4-13(5-3-1)14-12-18(10-7-16-14)9-6-15-17-8-11-19-15/h8,11,13-14,16H,1-7,9-10,12H2. The quantitative estimate of drug-likeness (QED) is 0.918. The second-order valence-corrected chi connectivity index (χ2v) is 6.91. The molecule has 1 aromatic heterocycles. The third-order valence-electron chi connectivity index (χ3n) is 4.63. The number of hydrogen-bond acceptors (Lipinski definition) is 4. The Bertz CT molecular complexity index is 359. The summed E-state index contributed by atoms with van der Waals surface area (Å²) in [5.41, 5.74) is 0. The summed E-state index contributed by atoms with van der Waals surface area (Å²) in [5, 5.41) is 7.12. The zero-order valence-corrected chi connectivity index (χ0v) is 12.5. The van der Waals surface area contributed by atoms with Crippen LogP contribution >= 0.6 is 11.3 Å². The molecule has 0 amide bonds. The highest BCUT2D eigenvalue weighted by atomic mass is 32.1. The zero-order chi connectivity index (χ0) is 12.9. The first-order valence-corrected chi connectivity index (χ1v) is 8.64. The molecule has 3 nitrogen and oxygen atoms in total. The van der Waals surface area contributed by atoms with Crippen molar-refractivity contribution in [1.82, 2.24) is 15.2 Å². The molecule has 0 radical (unpaired) electrons. The van der Waals surface area contributed by atoms with E-state index in [9.17, 15) is 0 Å². The van der Waals surface area contributed by atoms with Crippen molar-refractivity contribution in [3.05, 3.63) is 16.6 Å². The maximum absolute atomic E-state index is 4.39. The predicted octanol–water partition coefficient (Wildman–Crippen LogP) is 2.54. The molecule has 1 saturated heterocycles. The third-order valence-corrected chi connectivity index (χ3v) is 5.47. The highest BCUT2D eigenvalue weighted by molar-refractivity contribution is 7.09. The molecule has 3 rings (SSSR count). The molecular weight excluding hydrogens is 254 g/mol. The number of piperazine rings is 1. The summed E-state index contributed by atoms with van der Waals surface area (Å²) in [4.78, 5) is 7.02. The molecule has 106 valence electrons. The van der Waals surface area contributed by atoms with Gasteiger partial charge in [-0.1, -0.05) is 19.3 Å². The molecule has 1 aromatic rings. The maximum atomic E-state index is 4.39. The lowest BCUT2D eigenvalue weighted by Crippen LogP contribution is -2.54. The largest absolute Gasteiger partial charge is 0.311 e. The van der Waals surface area contributed by atoms with Crippen molar-refractivity contribution in [2.45, 2.75) is 44.6 Å². The van der Waals surface area contributed by atoms with Gasteiger partial charge in [-0.25, -0.2) is 4.98 Å². The van der Waals surface area contributed by atoms with Crippen LogP contribution in [0, 0.1) is 5.92 Å². The van der Waals surface area contributed by atoms with Gasteiger partial charge in [0.15, 0.2) is 0 Å². The minimum Gasteiger partial charge on any atom is -0.311 e. The van der Waals surface area contributed by atoms with Crippen molar-refractivity contribution < 1.29 is 0 Å². The van der Waals surface area contributed by atoms with E-state index in [2.05, 4.69) is 20.6 Å². The van der Waals surface area contributed by atoms with Gasteiger partial charge in [0.25, 0.3) is 0 Å². The molecule has 0 aromatic carbocycles.